The van der Waals surface area contributed by atoms with Crippen molar-refractivity contribution in [3.8, 4) is 0 Å². The standard InChI is InChI=1S/C15H18N6O3/c16-14(22)11-7-21-5-4-20(3-1-12(21)17-11)15(23)13-9-8-24-6-2-10(9)18-19-13/h7H,1-6,8H2,(H2,16,22)(H,18,19). The molecule has 4 heterocycles. The molecule has 4 rings (SSSR count). The summed E-state index contributed by atoms with van der Waals surface area (Å²) >= 11 is 0. The highest BCUT2D eigenvalue weighted by atomic mass is 16.5. The third-order valence-corrected chi connectivity index (χ3v) is 4.51. The number of imidazole rings is 1. The molecule has 9 nitrogen and oxygen atoms in total. The molecule has 0 aliphatic carbocycles. The van der Waals surface area contributed by atoms with Crippen LogP contribution in [0.2, 0.25) is 0 Å². The molecule has 2 aromatic heterocycles. The van der Waals surface area contributed by atoms with Gasteiger partial charge in [-0.15, -0.1) is 0 Å². The summed E-state index contributed by atoms with van der Waals surface area (Å²) in [6, 6.07) is 0. The maximum atomic E-state index is 12.8. The zero-order valence-corrected chi connectivity index (χ0v) is 13.1. The first-order valence-electron chi connectivity index (χ1n) is 7.92. The van der Waals surface area contributed by atoms with Crippen LogP contribution in [0.4, 0.5) is 0 Å². The number of aromatic amines is 1. The second kappa shape index (κ2) is 5.75. The molecule has 0 unspecified atom stereocenters. The molecular weight excluding hydrogens is 312 g/mol. The van der Waals surface area contributed by atoms with E-state index in [1.807, 2.05) is 4.57 Å². The Hall–Kier alpha value is -2.68. The molecule has 3 N–H and O–H groups in total. The minimum absolute atomic E-state index is 0.0983. The van der Waals surface area contributed by atoms with E-state index in [4.69, 9.17) is 10.5 Å². The number of nitrogens with zero attached hydrogens (tertiary/aromatic N) is 4. The number of ether oxygens (including phenoxy) is 1. The summed E-state index contributed by atoms with van der Waals surface area (Å²) in [6.45, 7) is 2.70. The van der Waals surface area contributed by atoms with Crippen LogP contribution < -0.4 is 5.73 Å². The number of H-pyrrole nitrogens is 1. The van der Waals surface area contributed by atoms with Gasteiger partial charge in [-0.1, -0.05) is 0 Å². The SMILES string of the molecule is NC(=O)c1cn2c(n1)CCN(C(=O)c1n[nH]c3c1COCC3)CC2. The Balaban J connectivity index is 1.52. The second-order valence-corrected chi connectivity index (χ2v) is 5.97. The molecule has 0 fully saturated rings. The van der Waals surface area contributed by atoms with Crippen LogP contribution in [0, 0.1) is 0 Å². The van der Waals surface area contributed by atoms with Gasteiger partial charge < -0.3 is 19.9 Å². The Kier molecular flexibility index (Phi) is 3.57. The van der Waals surface area contributed by atoms with Crippen molar-refractivity contribution in [2.45, 2.75) is 26.0 Å². The summed E-state index contributed by atoms with van der Waals surface area (Å²) in [5.74, 6) is 0.136. The monoisotopic (exact) mass is 330 g/mol. The molecule has 9 heteroatoms. The van der Waals surface area contributed by atoms with Crippen molar-refractivity contribution < 1.29 is 14.3 Å². The van der Waals surface area contributed by atoms with Gasteiger partial charge in [0.25, 0.3) is 11.8 Å². The minimum Gasteiger partial charge on any atom is -0.376 e. The van der Waals surface area contributed by atoms with Gasteiger partial charge in [-0.2, -0.15) is 5.10 Å². The fourth-order valence-electron chi connectivity index (χ4n) is 3.18. The predicted octanol–water partition coefficient (Wildman–Crippen LogP) is -0.524. The normalized spacial score (nSPS) is 17.1. The Morgan fingerprint density at radius 3 is 2.96 bits per heavy atom. The first-order valence-corrected chi connectivity index (χ1v) is 7.92. The maximum absolute atomic E-state index is 12.8. The van der Waals surface area contributed by atoms with E-state index in [1.54, 1.807) is 11.1 Å². The summed E-state index contributed by atoms with van der Waals surface area (Å²) in [5.41, 5.74) is 7.83. The maximum Gasteiger partial charge on any atom is 0.274 e. The van der Waals surface area contributed by atoms with E-state index in [9.17, 15) is 9.59 Å². The van der Waals surface area contributed by atoms with E-state index >= 15 is 0 Å². The van der Waals surface area contributed by atoms with Crippen LogP contribution in [-0.2, 0) is 30.7 Å². The van der Waals surface area contributed by atoms with Gasteiger partial charge in [-0.05, 0) is 0 Å². The largest absolute Gasteiger partial charge is 0.376 e. The number of nitrogens with two attached hydrogens (primary N) is 1. The molecular formula is C15H18N6O3. The van der Waals surface area contributed by atoms with Gasteiger partial charge in [-0.3, -0.25) is 14.7 Å². The lowest BCUT2D eigenvalue weighted by Crippen LogP contribution is -2.34. The Morgan fingerprint density at radius 2 is 2.12 bits per heavy atom. The fraction of sp³-hybridized carbons (Fsp3) is 0.467. The molecule has 0 saturated carbocycles. The molecule has 0 saturated heterocycles. The topological polar surface area (TPSA) is 119 Å². The van der Waals surface area contributed by atoms with Crippen molar-refractivity contribution in [2.75, 3.05) is 19.7 Å². The minimum atomic E-state index is -0.536. The van der Waals surface area contributed by atoms with Crippen molar-refractivity contribution in [2.24, 2.45) is 5.73 Å². The lowest BCUT2D eigenvalue weighted by Gasteiger charge is -2.20. The molecule has 0 aromatic carbocycles. The molecule has 2 aliphatic rings. The first kappa shape index (κ1) is 14.9. The van der Waals surface area contributed by atoms with Crippen molar-refractivity contribution in [1.82, 2.24) is 24.6 Å². The lowest BCUT2D eigenvalue weighted by atomic mass is 10.1. The average Bonchev–Trinajstić information content (AvgIpc) is 3.14. The second-order valence-electron chi connectivity index (χ2n) is 5.97. The van der Waals surface area contributed by atoms with E-state index < -0.39 is 5.91 Å². The molecule has 126 valence electrons. The zero-order chi connectivity index (χ0) is 16.7. The number of fused-ring (bicyclic) bond motifs is 2. The number of hydrogen-bond acceptors (Lipinski definition) is 5. The van der Waals surface area contributed by atoms with Crippen molar-refractivity contribution in [3.63, 3.8) is 0 Å². The summed E-state index contributed by atoms with van der Waals surface area (Å²) in [7, 11) is 0. The summed E-state index contributed by atoms with van der Waals surface area (Å²) in [4.78, 5) is 30.1. The number of aromatic nitrogens is 4. The van der Waals surface area contributed by atoms with E-state index in [0.717, 1.165) is 23.5 Å². The molecule has 24 heavy (non-hydrogen) atoms. The zero-order valence-electron chi connectivity index (χ0n) is 13.1. The van der Waals surface area contributed by atoms with Gasteiger partial charge in [0.1, 0.15) is 11.5 Å². The molecule has 0 atom stereocenters. The molecule has 2 amide bonds. The Morgan fingerprint density at radius 1 is 1.25 bits per heavy atom. The average molecular weight is 330 g/mol. The van der Waals surface area contributed by atoms with Crippen LogP contribution in [0.15, 0.2) is 6.20 Å². The van der Waals surface area contributed by atoms with Crippen molar-refractivity contribution >= 4 is 11.8 Å². The van der Waals surface area contributed by atoms with Crippen LogP contribution in [0.3, 0.4) is 0 Å². The number of amides is 2. The van der Waals surface area contributed by atoms with Crippen LogP contribution in [0.1, 0.15) is 38.1 Å². The highest BCUT2D eigenvalue weighted by Crippen LogP contribution is 2.20. The third-order valence-electron chi connectivity index (χ3n) is 4.51. The Bertz CT molecular complexity index is 783. The summed E-state index contributed by atoms with van der Waals surface area (Å²) in [6.07, 6.45) is 2.97. The molecule has 0 bridgehead atoms. The smallest absolute Gasteiger partial charge is 0.274 e. The number of nitrogens with one attached hydrogen (secondary N) is 1. The molecule has 0 spiro atoms. The van der Waals surface area contributed by atoms with Crippen LogP contribution >= 0.6 is 0 Å². The van der Waals surface area contributed by atoms with Gasteiger partial charge >= 0.3 is 0 Å². The molecule has 2 aromatic rings. The highest BCUT2D eigenvalue weighted by molar-refractivity contribution is 5.94. The van der Waals surface area contributed by atoms with Crippen LogP contribution in [-0.4, -0.2) is 56.2 Å². The number of carbonyl (C=O) groups is 2. The number of rotatable bonds is 2. The molecule has 0 radical (unpaired) electrons. The number of hydrogen-bond donors (Lipinski definition) is 2. The van der Waals surface area contributed by atoms with Crippen molar-refractivity contribution in [1.29, 1.82) is 0 Å². The van der Waals surface area contributed by atoms with E-state index in [-0.39, 0.29) is 11.6 Å². The first-order chi connectivity index (χ1) is 11.6. The van der Waals surface area contributed by atoms with Gasteiger partial charge in [0.2, 0.25) is 0 Å². The van der Waals surface area contributed by atoms with E-state index in [2.05, 4.69) is 15.2 Å². The Labute approximate surface area is 137 Å². The van der Waals surface area contributed by atoms with Gasteiger partial charge in [0.15, 0.2) is 5.69 Å². The van der Waals surface area contributed by atoms with E-state index in [0.29, 0.717) is 45.0 Å². The van der Waals surface area contributed by atoms with Crippen molar-refractivity contribution in [3.05, 3.63) is 34.7 Å². The summed E-state index contributed by atoms with van der Waals surface area (Å²) < 4.78 is 7.33. The van der Waals surface area contributed by atoms with E-state index in [1.165, 1.54) is 0 Å². The summed E-state index contributed by atoms with van der Waals surface area (Å²) in [5, 5.41) is 7.15. The quantitative estimate of drug-likeness (QED) is 0.767. The lowest BCUT2D eigenvalue weighted by molar-refractivity contribution is 0.0739. The van der Waals surface area contributed by atoms with Gasteiger partial charge in [0.05, 0.1) is 13.2 Å². The molecule has 2 aliphatic heterocycles. The van der Waals surface area contributed by atoms with Gasteiger partial charge in [-0.25, -0.2) is 4.98 Å². The van der Waals surface area contributed by atoms with Crippen LogP contribution in [0.25, 0.3) is 0 Å². The highest BCUT2D eigenvalue weighted by Gasteiger charge is 2.27. The number of carbonyl (C=O) groups excluding carboxylic acids is 2. The van der Waals surface area contributed by atoms with Gasteiger partial charge in [0, 0.05) is 49.9 Å². The fourth-order valence-corrected chi connectivity index (χ4v) is 3.18. The predicted molar refractivity (Wildman–Crippen MR) is 82.3 cm³/mol. The van der Waals surface area contributed by atoms with Crippen LogP contribution in [0.5, 0.6) is 0 Å². The number of primary amides is 1. The third kappa shape index (κ3) is 2.46.